The molecule has 3 heteroatoms. The van der Waals surface area contributed by atoms with Crippen molar-refractivity contribution in [1.29, 1.82) is 0 Å². The van der Waals surface area contributed by atoms with E-state index in [4.69, 9.17) is 8.22 Å². The van der Waals surface area contributed by atoms with Gasteiger partial charge in [-0.15, -0.1) is 0 Å². The largest absolute Gasteiger partial charge is 0.507 e. The van der Waals surface area contributed by atoms with Gasteiger partial charge in [0.2, 0.25) is 0 Å². The molecule has 0 spiro atoms. The highest BCUT2D eigenvalue weighted by molar-refractivity contribution is 9.10. The van der Waals surface area contributed by atoms with E-state index >= 15 is 0 Å². The summed E-state index contributed by atoms with van der Waals surface area (Å²) in [6.45, 7) is 0. The molecule has 0 fully saturated rings. The van der Waals surface area contributed by atoms with E-state index in [1.807, 2.05) is 0 Å². The van der Waals surface area contributed by atoms with Crippen molar-refractivity contribution in [1.82, 2.24) is 0 Å². The number of fused-ring (bicyclic) bond motifs is 1. The summed E-state index contributed by atoms with van der Waals surface area (Å²) in [7, 11) is 0. The zero-order valence-corrected chi connectivity index (χ0v) is 11.0. The number of halogens is 2. The van der Waals surface area contributed by atoms with Gasteiger partial charge in [-0.25, -0.2) is 4.39 Å². The van der Waals surface area contributed by atoms with Gasteiger partial charge in [-0.1, -0.05) is 52.2 Å². The summed E-state index contributed by atoms with van der Waals surface area (Å²) in [4.78, 5) is 0. The number of hydrogen-bond acceptors (Lipinski definition) is 1. The van der Waals surface area contributed by atoms with Gasteiger partial charge in [0.15, 0.2) is 0 Å². The van der Waals surface area contributed by atoms with Gasteiger partial charge in [-0.2, -0.15) is 0 Å². The molecule has 0 atom stereocenters. The summed E-state index contributed by atoms with van der Waals surface area (Å²) in [5.74, 6) is -1.39. The van der Waals surface area contributed by atoms with Crippen molar-refractivity contribution in [3.8, 4) is 16.9 Å². The summed E-state index contributed by atoms with van der Waals surface area (Å²) in [5.41, 5.74) is -0.416. The Morgan fingerprint density at radius 1 is 1.05 bits per heavy atom. The fourth-order valence-electron chi connectivity index (χ4n) is 1.78. The fraction of sp³-hybridized carbons (Fsp3) is 0. The molecule has 19 heavy (non-hydrogen) atoms. The van der Waals surface area contributed by atoms with E-state index in [-0.39, 0.29) is 21.9 Å². The molecule has 0 bridgehead atoms. The molecule has 0 unspecified atom stereocenters. The smallest absolute Gasteiger partial charge is 0.132 e. The number of rotatable bonds is 1. The molecule has 0 amide bonds. The first kappa shape index (κ1) is 7.06. The van der Waals surface area contributed by atoms with Gasteiger partial charge in [-0.3, -0.25) is 0 Å². The standard InChI is InChI=1S/C16H10BrFO/c17-11-6-8-13(15(18)9-11)14-7-5-10-3-1-2-4-12(10)16(14)19/h1-9,19H/i1D,2D,3D,4D,5D,7D. The minimum absolute atomic E-state index is 0.131. The molecule has 0 heterocycles. The van der Waals surface area contributed by atoms with Crippen LogP contribution in [-0.4, -0.2) is 5.11 Å². The van der Waals surface area contributed by atoms with Gasteiger partial charge in [0.05, 0.1) is 8.22 Å². The molecule has 3 aromatic rings. The van der Waals surface area contributed by atoms with Crippen molar-refractivity contribution in [2.45, 2.75) is 0 Å². The second-order valence-corrected chi connectivity index (χ2v) is 4.76. The second kappa shape index (κ2) is 4.67. The molecule has 0 saturated carbocycles. The number of aromatic hydroxyl groups is 1. The van der Waals surface area contributed by atoms with Crippen LogP contribution in [0, 0.1) is 5.82 Å². The van der Waals surface area contributed by atoms with Gasteiger partial charge in [-0.05, 0) is 23.6 Å². The molecule has 3 rings (SSSR count). The molecule has 1 N–H and O–H groups in total. The summed E-state index contributed by atoms with van der Waals surface area (Å²) in [6.07, 6.45) is 0. The Hall–Kier alpha value is -1.87. The zero-order valence-electron chi connectivity index (χ0n) is 15.4. The van der Waals surface area contributed by atoms with E-state index in [0.717, 1.165) is 6.07 Å². The van der Waals surface area contributed by atoms with Crippen LogP contribution in [0.2, 0.25) is 0 Å². The summed E-state index contributed by atoms with van der Waals surface area (Å²) in [5, 5.41) is 10.0. The lowest BCUT2D eigenvalue weighted by molar-refractivity contribution is 0.483. The van der Waals surface area contributed by atoms with Gasteiger partial charge < -0.3 is 5.11 Å². The van der Waals surface area contributed by atoms with E-state index < -0.39 is 47.8 Å². The van der Waals surface area contributed by atoms with E-state index in [1.54, 1.807) is 0 Å². The monoisotopic (exact) mass is 322 g/mol. The van der Waals surface area contributed by atoms with Crippen molar-refractivity contribution in [3.05, 3.63) is 64.7 Å². The number of hydrogen-bond donors (Lipinski definition) is 1. The lowest BCUT2D eigenvalue weighted by Gasteiger charge is -2.09. The minimum atomic E-state index is -0.738. The Kier molecular flexibility index (Phi) is 1.73. The van der Waals surface area contributed by atoms with Crippen molar-refractivity contribution >= 4 is 26.7 Å². The Morgan fingerprint density at radius 3 is 2.63 bits per heavy atom. The predicted octanol–water partition coefficient (Wildman–Crippen LogP) is 5.11. The average Bonchev–Trinajstić information content (AvgIpc) is 2.56. The minimum Gasteiger partial charge on any atom is -0.507 e. The molecule has 0 saturated heterocycles. The molecule has 94 valence electrons. The third-order valence-electron chi connectivity index (χ3n) is 2.67. The van der Waals surface area contributed by atoms with Crippen LogP contribution in [0.3, 0.4) is 0 Å². The maximum absolute atomic E-state index is 14.3. The quantitative estimate of drug-likeness (QED) is 0.659. The molecule has 0 aromatic heterocycles. The highest BCUT2D eigenvalue weighted by Crippen LogP contribution is 2.37. The highest BCUT2D eigenvalue weighted by Gasteiger charge is 2.12. The Bertz CT molecular complexity index is 1050. The first-order chi connectivity index (χ1) is 11.7. The van der Waals surface area contributed by atoms with Gasteiger partial charge in [0, 0.05) is 21.0 Å². The van der Waals surface area contributed by atoms with Crippen LogP contribution < -0.4 is 0 Å². The summed E-state index contributed by atoms with van der Waals surface area (Å²) >= 11 is 3.11. The van der Waals surface area contributed by atoms with E-state index in [9.17, 15) is 9.50 Å². The van der Waals surface area contributed by atoms with Crippen LogP contribution in [-0.2, 0) is 0 Å². The Morgan fingerprint density at radius 2 is 1.84 bits per heavy atom. The van der Waals surface area contributed by atoms with Crippen LogP contribution >= 0.6 is 15.9 Å². The van der Waals surface area contributed by atoms with Crippen LogP contribution in [0.5, 0.6) is 5.75 Å². The maximum atomic E-state index is 14.3. The average molecular weight is 323 g/mol. The van der Waals surface area contributed by atoms with Crippen LogP contribution in [0.1, 0.15) is 8.22 Å². The van der Waals surface area contributed by atoms with Crippen molar-refractivity contribution in [2.24, 2.45) is 0 Å². The Labute approximate surface area is 126 Å². The van der Waals surface area contributed by atoms with Crippen LogP contribution in [0.15, 0.2) is 58.9 Å². The van der Waals surface area contributed by atoms with Crippen molar-refractivity contribution < 1.29 is 17.7 Å². The van der Waals surface area contributed by atoms with Crippen molar-refractivity contribution in [2.75, 3.05) is 0 Å². The van der Waals surface area contributed by atoms with Gasteiger partial charge in [0.25, 0.3) is 0 Å². The molecular weight excluding hydrogens is 307 g/mol. The molecule has 3 aromatic carbocycles. The molecule has 0 radical (unpaired) electrons. The Balaban J connectivity index is 2.56. The molecule has 0 aliphatic heterocycles. The summed E-state index contributed by atoms with van der Waals surface area (Å²) in [6, 6.07) is 0.749. The van der Waals surface area contributed by atoms with Crippen molar-refractivity contribution in [3.63, 3.8) is 0 Å². The third-order valence-corrected chi connectivity index (χ3v) is 3.17. The predicted molar refractivity (Wildman–Crippen MR) is 78.7 cm³/mol. The van der Waals surface area contributed by atoms with Crippen LogP contribution in [0.25, 0.3) is 21.9 Å². The lowest BCUT2D eigenvalue weighted by Crippen LogP contribution is -1.86. The lowest BCUT2D eigenvalue weighted by atomic mass is 9.99. The number of phenolic OH excluding ortho intramolecular Hbond substituents is 1. The second-order valence-electron chi connectivity index (χ2n) is 3.85. The summed E-state index contributed by atoms with van der Waals surface area (Å²) < 4.78 is 62.3. The maximum Gasteiger partial charge on any atom is 0.132 e. The highest BCUT2D eigenvalue weighted by atomic mass is 79.9. The normalized spacial score (nSPS) is 15.3. The first-order valence-electron chi connectivity index (χ1n) is 8.34. The van der Waals surface area contributed by atoms with Gasteiger partial charge >= 0.3 is 0 Å². The third kappa shape index (κ3) is 2.10. The van der Waals surface area contributed by atoms with E-state index in [0.29, 0.717) is 4.47 Å². The topological polar surface area (TPSA) is 20.2 Å². The SMILES string of the molecule is [2H]c1c([2H])c([2H])c2c(O)c(-c3ccc(Br)cc3F)c([2H])c([2H])c2c1[2H]. The number of benzene rings is 3. The molecule has 1 nitrogen and oxygen atoms in total. The molecule has 0 aliphatic carbocycles. The molecule has 0 aliphatic rings. The van der Waals surface area contributed by atoms with Crippen LogP contribution in [0.4, 0.5) is 4.39 Å². The van der Waals surface area contributed by atoms with E-state index in [1.165, 1.54) is 12.1 Å². The van der Waals surface area contributed by atoms with Gasteiger partial charge in [0.1, 0.15) is 11.6 Å². The number of phenols is 1. The fourth-order valence-corrected chi connectivity index (χ4v) is 2.11. The van der Waals surface area contributed by atoms with E-state index in [2.05, 4.69) is 15.9 Å². The first-order valence-corrected chi connectivity index (χ1v) is 6.13. The molecular formula is C16H10BrFO. The zero-order chi connectivity index (χ0) is 18.6.